The Bertz CT molecular complexity index is 801. The number of nitrogens with one attached hydrogen (secondary N) is 2. The summed E-state index contributed by atoms with van der Waals surface area (Å²) >= 11 is 0. The first-order valence-electron chi connectivity index (χ1n) is 10.9. The Hall–Kier alpha value is -2.90. The van der Waals surface area contributed by atoms with E-state index < -0.39 is 12.2 Å². The highest BCUT2D eigenvalue weighted by Gasteiger charge is 2.07. The minimum absolute atomic E-state index is 0.202. The maximum atomic E-state index is 10.1. The van der Waals surface area contributed by atoms with Gasteiger partial charge in [-0.2, -0.15) is 0 Å². The van der Waals surface area contributed by atoms with Crippen molar-refractivity contribution in [2.75, 3.05) is 26.3 Å². The summed E-state index contributed by atoms with van der Waals surface area (Å²) in [5.74, 6) is 1.31. The second-order valence-electron chi connectivity index (χ2n) is 7.63. The van der Waals surface area contributed by atoms with Gasteiger partial charge in [0.1, 0.15) is 36.9 Å². The Morgan fingerprint density at radius 2 is 0.938 bits per heavy atom. The van der Waals surface area contributed by atoms with Crippen LogP contribution < -0.4 is 20.1 Å². The normalized spacial score (nSPS) is 12.8. The Balaban J connectivity index is 1.27. The van der Waals surface area contributed by atoms with Crippen molar-refractivity contribution >= 4 is 0 Å². The third-order valence-electron chi connectivity index (χ3n) is 4.81. The highest BCUT2D eigenvalue weighted by atomic mass is 16.5. The van der Waals surface area contributed by atoms with Gasteiger partial charge >= 0.3 is 0 Å². The smallest absolute Gasteiger partial charge is 0.119 e. The molecular formula is C26H32N2O4. The molecule has 6 heteroatoms. The third kappa shape index (κ3) is 9.08. The zero-order valence-electron chi connectivity index (χ0n) is 18.2. The van der Waals surface area contributed by atoms with E-state index >= 15 is 0 Å². The number of aliphatic hydroxyl groups is 2. The molecule has 0 amide bonds. The number of benzene rings is 3. The van der Waals surface area contributed by atoms with E-state index in [0.717, 1.165) is 0 Å². The van der Waals surface area contributed by atoms with Gasteiger partial charge in [-0.15, -0.1) is 0 Å². The van der Waals surface area contributed by atoms with Crippen LogP contribution >= 0.6 is 0 Å². The lowest BCUT2D eigenvalue weighted by molar-refractivity contribution is 0.104. The fourth-order valence-corrected chi connectivity index (χ4v) is 3.09. The van der Waals surface area contributed by atoms with Gasteiger partial charge in [-0.05, 0) is 35.4 Å². The minimum Gasteiger partial charge on any atom is -0.491 e. The zero-order valence-corrected chi connectivity index (χ0v) is 18.2. The van der Waals surface area contributed by atoms with Crippen LogP contribution in [0.4, 0.5) is 0 Å². The molecule has 0 bridgehead atoms. The lowest BCUT2D eigenvalue weighted by Crippen LogP contribution is -2.31. The van der Waals surface area contributed by atoms with Crippen LogP contribution in [0.2, 0.25) is 0 Å². The molecule has 0 aromatic heterocycles. The number of hydrogen-bond donors (Lipinski definition) is 4. The Labute approximate surface area is 189 Å². The first kappa shape index (κ1) is 23.8. The Kier molecular flexibility index (Phi) is 10.0. The van der Waals surface area contributed by atoms with Crippen molar-refractivity contribution in [2.24, 2.45) is 0 Å². The summed E-state index contributed by atoms with van der Waals surface area (Å²) in [6.45, 7) is 2.72. The summed E-state index contributed by atoms with van der Waals surface area (Å²) in [6.07, 6.45) is -1.21. The molecule has 0 aliphatic heterocycles. The van der Waals surface area contributed by atoms with Crippen molar-refractivity contribution in [1.82, 2.24) is 10.6 Å². The highest BCUT2D eigenvalue weighted by molar-refractivity contribution is 5.31. The molecule has 0 heterocycles. The molecule has 170 valence electrons. The van der Waals surface area contributed by atoms with Crippen LogP contribution in [-0.4, -0.2) is 48.7 Å². The van der Waals surface area contributed by atoms with Gasteiger partial charge in [-0.1, -0.05) is 60.7 Å². The molecule has 2 unspecified atom stereocenters. The Morgan fingerprint density at radius 3 is 1.31 bits per heavy atom. The van der Waals surface area contributed by atoms with Crippen molar-refractivity contribution in [3.8, 4) is 11.5 Å². The van der Waals surface area contributed by atoms with E-state index in [9.17, 15) is 10.2 Å². The molecule has 3 aromatic rings. The number of rotatable bonds is 14. The fraction of sp³-hybridized carbons (Fsp3) is 0.308. The van der Waals surface area contributed by atoms with Gasteiger partial charge in [0.05, 0.1) is 0 Å². The van der Waals surface area contributed by atoms with Crippen molar-refractivity contribution in [1.29, 1.82) is 0 Å². The summed E-state index contributed by atoms with van der Waals surface area (Å²) in [6, 6.07) is 27.3. The monoisotopic (exact) mass is 436 g/mol. The standard InChI is InChI=1S/C26H32N2O4/c29-23(17-27-15-21-7-3-1-4-8-21)19-31-25-11-13-26(14-12-25)32-20-24(30)18-28-16-22-9-5-2-6-10-22/h1-14,23-24,27-30H,15-20H2. The summed E-state index contributed by atoms with van der Waals surface area (Å²) < 4.78 is 11.3. The second-order valence-corrected chi connectivity index (χ2v) is 7.63. The van der Waals surface area contributed by atoms with Gasteiger partial charge in [0.2, 0.25) is 0 Å². The van der Waals surface area contributed by atoms with Gasteiger partial charge in [-0.25, -0.2) is 0 Å². The van der Waals surface area contributed by atoms with Gasteiger partial charge in [-0.3, -0.25) is 0 Å². The molecule has 0 fully saturated rings. The Morgan fingerprint density at radius 1 is 0.562 bits per heavy atom. The third-order valence-corrected chi connectivity index (χ3v) is 4.81. The molecule has 3 rings (SSSR count). The lowest BCUT2D eigenvalue weighted by atomic mass is 10.2. The fourth-order valence-electron chi connectivity index (χ4n) is 3.09. The van der Waals surface area contributed by atoms with Gasteiger partial charge in [0.25, 0.3) is 0 Å². The molecular weight excluding hydrogens is 404 g/mol. The van der Waals surface area contributed by atoms with E-state index in [4.69, 9.17) is 9.47 Å². The molecule has 0 aliphatic rings. The molecule has 4 N–H and O–H groups in total. The summed E-state index contributed by atoms with van der Waals surface area (Å²) in [5, 5.41) is 26.6. The second kappa shape index (κ2) is 13.5. The van der Waals surface area contributed by atoms with Crippen LogP contribution in [0.3, 0.4) is 0 Å². The number of aliphatic hydroxyl groups excluding tert-OH is 2. The van der Waals surface area contributed by atoms with E-state index in [1.54, 1.807) is 24.3 Å². The first-order chi connectivity index (χ1) is 15.7. The maximum Gasteiger partial charge on any atom is 0.119 e. The number of hydrogen-bond acceptors (Lipinski definition) is 6. The quantitative estimate of drug-likeness (QED) is 0.311. The summed E-state index contributed by atoms with van der Waals surface area (Å²) in [5.41, 5.74) is 2.35. The molecule has 6 nitrogen and oxygen atoms in total. The minimum atomic E-state index is -0.604. The van der Waals surface area contributed by atoms with Crippen molar-refractivity contribution in [2.45, 2.75) is 25.3 Å². The summed E-state index contributed by atoms with van der Waals surface area (Å²) in [4.78, 5) is 0. The van der Waals surface area contributed by atoms with Crippen LogP contribution in [-0.2, 0) is 13.1 Å². The highest BCUT2D eigenvalue weighted by Crippen LogP contribution is 2.18. The molecule has 0 spiro atoms. The SMILES string of the molecule is OC(CNCc1ccccc1)COc1ccc(OCC(O)CNCc2ccccc2)cc1. The van der Waals surface area contributed by atoms with Gasteiger partial charge in [0.15, 0.2) is 0 Å². The molecule has 2 atom stereocenters. The van der Waals surface area contributed by atoms with Crippen LogP contribution in [0.15, 0.2) is 84.9 Å². The summed E-state index contributed by atoms with van der Waals surface area (Å²) in [7, 11) is 0. The van der Waals surface area contributed by atoms with E-state index in [1.807, 2.05) is 60.7 Å². The first-order valence-corrected chi connectivity index (χ1v) is 10.9. The van der Waals surface area contributed by atoms with E-state index in [1.165, 1.54) is 11.1 Å². The topological polar surface area (TPSA) is 83.0 Å². The number of ether oxygens (including phenoxy) is 2. The van der Waals surface area contributed by atoms with Crippen LogP contribution in [0, 0.1) is 0 Å². The van der Waals surface area contributed by atoms with Crippen molar-refractivity contribution in [3.63, 3.8) is 0 Å². The van der Waals surface area contributed by atoms with E-state index in [0.29, 0.717) is 37.7 Å². The molecule has 3 aromatic carbocycles. The van der Waals surface area contributed by atoms with Crippen LogP contribution in [0.1, 0.15) is 11.1 Å². The average Bonchev–Trinajstić information content (AvgIpc) is 2.83. The van der Waals surface area contributed by atoms with Gasteiger partial charge < -0.3 is 30.3 Å². The lowest BCUT2D eigenvalue weighted by Gasteiger charge is -2.15. The van der Waals surface area contributed by atoms with Gasteiger partial charge in [0, 0.05) is 26.2 Å². The molecule has 0 saturated heterocycles. The molecule has 0 aliphatic carbocycles. The van der Waals surface area contributed by atoms with E-state index in [2.05, 4.69) is 10.6 Å². The van der Waals surface area contributed by atoms with Crippen molar-refractivity contribution < 1.29 is 19.7 Å². The molecule has 32 heavy (non-hydrogen) atoms. The average molecular weight is 437 g/mol. The van der Waals surface area contributed by atoms with Crippen LogP contribution in [0.5, 0.6) is 11.5 Å². The van der Waals surface area contributed by atoms with E-state index in [-0.39, 0.29) is 13.2 Å². The van der Waals surface area contributed by atoms with Crippen LogP contribution in [0.25, 0.3) is 0 Å². The predicted octanol–water partition coefficient (Wildman–Crippen LogP) is 2.75. The predicted molar refractivity (Wildman–Crippen MR) is 126 cm³/mol. The molecule has 0 radical (unpaired) electrons. The maximum absolute atomic E-state index is 10.1. The molecule has 0 saturated carbocycles. The largest absolute Gasteiger partial charge is 0.491 e. The zero-order chi connectivity index (χ0) is 22.4. The van der Waals surface area contributed by atoms with Crippen molar-refractivity contribution in [3.05, 3.63) is 96.1 Å².